The topological polar surface area (TPSA) is 122 Å². The monoisotopic (exact) mass is 509 g/mol. The molecule has 1 heterocycles. The lowest BCUT2D eigenvalue weighted by atomic mass is 10.1. The molecular formula is C24H16FN3O5S2. The molecule has 0 saturated carbocycles. The highest BCUT2D eigenvalue weighted by Gasteiger charge is 2.17. The highest BCUT2D eigenvalue weighted by Crippen LogP contribution is 2.43. The number of amides is 1. The zero-order valence-corrected chi connectivity index (χ0v) is 19.4. The molecule has 176 valence electrons. The van der Waals surface area contributed by atoms with Crippen LogP contribution in [0.2, 0.25) is 0 Å². The molecule has 0 unspecified atom stereocenters. The number of carbonyl (C=O) groups is 2. The lowest BCUT2D eigenvalue weighted by Gasteiger charge is -2.10. The second-order valence-electron chi connectivity index (χ2n) is 7.28. The number of nitrogens with one attached hydrogen (secondary N) is 1. The van der Waals surface area contributed by atoms with Crippen LogP contribution in [-0.4, -0.2) is 26.9 Å². The Kier molecular flexibility index (Phi) is 7.28. The Balaban J connectivity index is 1.60. The molecule has 0 aliphatic rings. The largest absolute Gasteiger partial charge is 0.478 e. The molecule has 4 aromatic rings. The van der Waals surface area contributed by atoms with Crippen molar-refractivity contribution in [1.29, 1.82) is 0 Å². The Morgan fingerprint density at radius 3 is 2.40 bits per heavy atom. The molecule has 0 aliphatic carbocycles. The molecular weight excluding hydrogens is 493 g/mol. The summed E-state index contributed by atoms with van der Waals surface area (Å²) in [4.78, 5) is 40.4. The van der Waals surface area contributed by atoms with E-state index < -0.39 is 16.8 Å². The van der Waals surface area contributed by atoms with Gasteiger partial charge >= 0.3 is 5.97 Å². The van der Waals surface area contributed by atoms with Gasteiger partial charge in [0, 0.05) is 29.1 Å². The minimum Gasteiger partial charge on any atom is -0.478 e. The van der Waals surface area contributed by atoms with Crippen molar-refractivity contribution in [3.63, 3.8) is 0 Å². The summed E-state index contributed by atoms with van der Waals surface area (Å²) in [6.07, 6.45) is 1.38. The normalized spacial score (nSPS) is 10.8. The van der Waals surface area contributed by atoms with Gasteiger partial charge in [-0.15, -0.1) is 0 Å². The van der Waals surface area contributed by atoms with Crippen molar-refractivity contribution in [3.05, 3.63) is 106 Å². The van der Waals surface area contributed by atoms with Gasteiger partial charge in [0.15, 0.2) is 0 Å². The molecule has 0 spiro atoms. The van der Waals surface area contributed by atoms with Crippen molar-refractivity contribution in [2.24, 2.45) is 0 Å². The predicted octanol–water partition coefficient (Wildman–Crippen LogP) is 5.71. The van der Waals surface area contributed by atoms with E-state index in [1.54, 1.807) is 30.3 Å². The third-order valence-corrected chi connectivity index (χ3v) is 7.33. The van der Waals surface area contributed by atoms with E-state index in [0.29, 0.717) is 26.3 Å². The first-order valence-electron chi connectivity index (χ1n) is 10.1. The average Bonchev–Trinajstić information content (AvgIpc) is 2.86. The summed E-state index contributed by atoms with van der Waals surface area (Å²) < 4.78 is 13.1. The predicted molar refractivity (Wildman–Crippen MR) is 131 cm³/mol. The number of para-hydroxylation sites is 1. The SMILES string of the molecule is O=C(O)c1cc(SSc2ccccc2[N+](=O)[O-])c2ncc(C(=O)NCc3ccc(F)cc3)cc2c1. The molecule has 1 amide bonds. The molecule has 0 bridgehead atoms. The van der Waals surface area contributed by atoms with Gasteiger partial charge in [-0.2, -0.15) is 0 Å². The number of hydrogen-bond acceptors (Lipinski definition) is 7. The fraction of sp³-hybridized carbons (Fsp3) is 0.0417. The molecule has 2 N–H and O–H groups in total. The van der Waals surface area contributed by atoms with Crippen LogP contribution < -0.4 is 5.32 Å². The molecule has 8 nitrogen and oxygen atoms in total. The minimum atomic E-state index is -1.16. The van der Waals surface area contributed by atoms with E-state index in [9.17, 15) is 29.2 Å². The third-order valence-electron chi connectivity index (χ3n) is 4.91. The molecule has 11 heteroatoms. The summed E-state index contributed by atoms with van der Waals surface area (Å²) in [6, 6.07) is 16.4. The van der Waals surface area contributed by atoms with Gasteiger partial charge in [0.2, 0.25) is 0 Å². The maximum atomic E-state index is 13.1. The Morgan fingerprint density at radius 1 is 1.00 bits per heavy atom. The standard InChI is InChI=1S/C24H16FN3O5S2/c25-18-7-5-14(6-8-18)12-27-23(29)17-10-15-9-16(24(30)31)11-21(22(15)26-13-17)35-34-20-4-2-1-3-19(20)28(32)33/h1-11,13H,12H2,(H,27,29)(H,30,31). The molecule has 0 atom stereocenters. The van der Waals surface area contributed by atoms with Crippen molar-refractivity contribution in [2.75, 3.05) is 0 Å². The van der Waals surface area contributed by atoms with Crippen molar-refractivity contribution < 1.29 is 24.0 Å². The van der Waals surface area contributed by atoms with Crippen LogP contribution in [0.15, 0.2) is 82.7 Å². The number of aromatic nitrogens is 1. The fourth-order valence-electron chi connectivity index (χ4n) is 3.18. The zero-order valence-electron chi connectivity index (χ0n) is 17.8. The number of fused-ring (bicyclic) bond motifs is 1. The zero-order chi connectivity index (χ0) is 24.9. The number of carboxylic acids is 1. The van der Waals surface area contributed by atoms with E-state index in [-0.39, 0.29) is 29.2 Å². The Hall–Kier alpha value is -3.96. The van der Waals surface area contributed by atoms with Crippen LogP contribution >= 0.6 is 21.6 Å². The fourth-order valence-corrected chi connectivity index (χ4v) is 5.49. The summed E-state index contributed by atoms with van der Waals surface area (Å²) >= 11 is 0. The lowest BCUT2D eigenvalue weighted by molar-refractivity contribution is -0.387. The first-order chi connectivity index (χ1) is 16.8. The number of carbonyl (C=O) groups excluding carboxylic acids is 1. The summed E-state index contributed by atoms with van der Waals surface area (Å²) in [7, 11) is 2.26. The van der Waals surface area contributed by atoms with Crippen molar-refractivity contribution >= 4 is 50.1 Å². The number of aromatic carboxylic acids is 1. The number of rotatable bonds is 8. The first-order valence-corrected chi connectivity index (χ1v) is 12.2. The number of benzene rings is 3. The van der Waals surface area contributed by atoms with Gasteiger partial charge in [-0.05, 0) is 63.5 Å². The quantitative estimate of drug-likeness (QED) is 0.176. The van der Waals surface area contributed by atoms with E-state index >= 15 is 0 Å². The van der Waals surface area contributed by atoms with Crippen LogP contribution in [0.1, 0.15) is 26.3 Å². The van der Waals surface area contributed by atoms with Gasteiger partial charge < -0.3 is 10.4 Å². The van der Waals surface area contributed by atoms with E-state index in [0.717, 1.165) is 21.6 Å². The van der Waals surface area contributed by atoms with Gasteiger partial charge in [-0.3, -0.25) is 19.9 Å². The lowest BCUT2D eigenvalue weighted by Crippen LogP contribution is -2.22. The summed E-state index contributed by atoms with van der Waals surface area (Å²) in [5, 5.41) is 24.0. The second kappa shape index (κ2) is 10.5. The number of carboxylic acid groups (broad SMARTS) is 1. The van der Waals surface area contributed by atoms with Crippen molar-refractivity contribution in [1.82, 2.24) is 10.3 Å². The first kappa shape index (κ1) is 24.2. The van der Waals surface area contributed by atoms with Crippen LogP contribution in [0.4, 0.5) is 10.1 Å². The van der Waals surface area contributed by atoms with Crippen LogP contribution in [0.3, 0.4) is 0 Å². The van der Waals surface area contributed by atoms with E-state index in [1.165, 1.54) is 42.6 Å². The average molecular weight is 510 g/mol. The number of nitrogens with zero attached hydrogens (tertiary/aromatic N) is 2. The Morgan fingerprint density at radius 2 is 1.69 bits per heavy atom. The summed E-state index contributed by atoms with van der Waals surface area (Å²) in [5.41, 5.74) is 1.34. The number of nitro benzene ring substituents is 1. The van der Waals surface area contributed by atoms with E-state index in [2.05, 4.69) is 10.3 Å². The third kappa shape index (κ3) is 5.76. The molecule has 35 heavy (non-hydrogen) atoms. The molecule has 4 rings (SSSR count). The summed E-state index contributed by atoms with van der Waals surface area (Å²) in [6.45, 7) is 0.180. The van der Waals surface area contributed by atoms with E-state index in [4.69, 9.17) is 0 Å². The molecule has 0 aliphatic heterocycles. The van der Waals surface area contributed by atoms with Crippen LogP contribution in [-0.2, 0) is 6.54 Å². The molecule has 3 aromatic carbocycles. The van der Waals surface area contributed by atoms with Crippen LogP contribution in [0.5, 0.6) is 0 Å². The van der Waals surface area contributed by atoms with Gasteiger partial charge in [0.1, 0.15) is 5.82 Å². The maximum Gasteiger partial charge on any atom is 0.335 e. The summed E-state index contributed by atoms with van der Waals surface area (Å²) in [5.74, 6) is -1.95. The van der Waals surface area contributed by atoms with E-state index in [1.807, 2.05) is 0 Å². The number of halogens is 1. The smallest absolute Gasteiger partial charge is 0.335 e. The number of nitro groups is 1. The van der Waals surface area contributed by atoms with Gasteiger partial charge in [0.05, 0.1) is 26.5 Å². The maximum absolute atomic E-state index is 13.1. The minimum absolute atomic E-state index is 0.00571. The Bertz CT molecular complexity index is 1450. The second-order valence-corrected chi connectivity index (χ2v) is 9.49. The number of hydrogen-bond donors (Lipinski definition) is 2. The molecule has 1 aromatic heterocycles. The van der Waals surface area contributed by atoms with Gasteiger partial charge in [0.25, 0.3) is 11.6 Å². The highest BCUT2D eigenvalue weighted by molar-refractivity contribution is 8.76. The highest BCUT2D eigenvalue weighted by atomic mass is 33.1. The van der Waals surface area contributed by atoms with Crippen LogP contribution in [0, 0.1) is 15.9 Å². The van der Waals surface area contributed by atoms with Crippen molar-refractivity contribution in [2.45, 2.75) is 16.3 Å². The van der Waals surface area contributed by atoms with Gasteiger partial charge in [-0.1, -0.05) is 24.3 Å². The number of pyridine rings is 1. The Labute approximate surface area is 206 Å². The molecule has 0 fully saturated rings. The van der Waals surface area contributed by atoms with Crippen LogP contribution in [0.25, 0.3) is 10.9 Å². The molecule has 0 radical (unpaired) electrons. The van der Waals surface area contributed by atoms with Crippen molar-refractivity contribution in [3.8, 4) is 0 Å². The molecule has 0 saturated heterocycles. The van der Waals surface area contributed by atoms with Gasteiger partial charge in [-0.25, -0.2) is 9.18 Å².